The molecule has 1 amide bonds. The molecule has 1 fully saturated rings. The number of benzene rings is 3. The standard InChI is InChI=1S/C27H26N4O/c32-27(30-18-16-29(17-19-30)20-22-10-4-1-5-11-22)25-21-31(24-14-8-3-9-15-24)26(28-25)23-12-6-2-7-13-23/h1-15,21H,16-20H2. The molecule has 0 unspecified atom stereocenters. The first kappa shape index (κ1) is 20.2. The highest BCUT2D eigenvalue weighted by Gasteiger charge is 2.25. The molecule has 1 aliphatic rings. The van der Waals surface area contributed by atoms with Gasteiger partial charge in [0.15, 0.2) is 0 Å². The third-order valence-corrected chi connectivity index (χ3v) is 5.90. The molecule has 0 spiro atoms. The number of rotatable bonds is 5. The summed E-state index contributed by atoms with van der Waals surface area (Å²) in [6.45, 7) is 4.08. The van der Waals surface area contributed by atoms with E-state index >= 15 is 0 Å². The summed E-state index contributed by atoms with van der Waals surface area (Å²) in [6.07, 6.45) is 1.87. The molecule has 0 atom stereocenters. The zero-order valence-corrected chi connectivity index (χ0v) is 18.0. The van der Waals surface area contributed by atoms with E-state index in [1.54, 1.807) is 0 Å². The molecule has 0 radical (unpaired) electrons. The first-order valence-electron chi connectivity index (χ1n) is 11.0. The van der Waals surface area contributed by atoms with Crippen molar-refractivity contribution in [2.75, 3.05) is 26.2 Å². The van der Waals surface area contributed by atoms with Crippen molar-refractivity contribution in [3.05, 3.63) is 108 Å². The minimum atomic E-state index is -0.00350. The van der Waals surface area contributed by atoms with E-state index in [2.05, 4.69) is 29.2 Å². The van der Waals surface area contributed by atoms with E-state index in [-0.39, 0.29) is 5.91 Å². The number of carbonyl (C=O) groups is 1. The van der Waals surface area contributed by atoms with Crippen LogP contribution in [0.5, 0.6) is 0 Å². The van der Waals surface area contributed by atoms with E-state index in [0.717, 1.165) is 36.7 Å². The van der Waals surface area contributed by atoms with Crippen LogP contribution < -0.4 is 0 Å². The second-order valence-electron chi connectivity index (χ2n) is 8.08. The highest BCUT2D eigenvalue weighted by Crippen LogP contribution is 2.24. The number of piperazine rings is 1. The molecule has 32 heavy (non-hydrogen) atoms. The smallest absolute Gasteiger partial charge is 0.274 e. The van der Waals surface area contributed by atoms with Gasteiger partial charge in [-0.1, -0.05) is 78.9 Å². The average molecular weight is 423 g/mol. The SMILES string of the molecule is O=C(c1cn(-c2ccccc2)c(-c2ccccc2)n1)N1CCN(Cc2ccccc2)CC1. The predicted molar refractivity (Wildman–Crippen MR) is 127 cm³/mol. The third kappa shape index (κ3) is 4.34. The molecular formula is C27H26N4O. The number of imidazole rings is 1. The van der Waals surface area contributed by atoms with Gasteiger partial charge in [-0.3, -0.25) is 14.3 Å². The summed E-state index contributed by atoms with van der Waals surface area (Å²) < 4.78 is 2.01. The molecule has 1 aliphatic heterocycles. The minimum absolute atomic E-state index is 0.00350. The first-order chi connectivity index (χ1) is 15.8. The highest BCUT2D eigenvalue weighted by molar-refractivity contribution is 5.93. The normalized spacial score (nSPS) is 14.4. The van der Waals surface area contributed by atoms with Gasteiger partial charge in [-0.2, -0.15) is 0 Å². The maximum absolute atomic E-state index is 13.3. The quantitative estimate of drug-likeness (QED) is 0.476. The molecule has 0 N–H and O–H groups in total. The van der Waals surface area contributed by atoms with Crippen molar-refractivity contribution >= 4 is 5.91 Å². The lowest BCUT2D eigenvalue weighted by atomic mass is 10.2. The van der Waals surface area contributed by atoms with Crippen LogP contribution >= 0.6 is 0 Å². The summed E-state index contributed by atoms with van der Waals surface area (Å²) in [6, 6.07) is 30.6. The lowest BCUT2D eigenvalue weighted by Crippen LogP contribution is -2.48. The number of para-hydroxylation sites is 1. The van der Waals surface area contributed by atoms with Gasteiger partial charge < -0.3 is 4.90 Å². The molecule has 1 aromatic heterocycles. The summed E-state index contributed by atoms with van der Waals surface area (Å²) in [7, 11) is 0. The molecule has 3 aromatic carbocycles. The zero-order chi connectivity index (χ0) is 21.8. The summed E-state index contributed by atoms with van der Waals surface area (Å²) in [5.41, 5.74) is 3.78. The van der Waals surface area contributed by atoms with Crippen molar-refractivity contribution in [1.29, 1.82) is 0 Å². The van der Waals surface area contributed by atoms with Crippen LogP contribution in [-0.4, -0.2) is 51.4 Å². The van der Waals surface area contributed by atoms with E-state index in [1.165, 1.54) is 5.56 Å². The lowest BCUT2D eigenvalue weighted by Gasteiger charge is -2.34. The average Bonchev–Trinajstić information content (AvgIpc) is 3.31. The van der Waals surface area contributed by atoms with Crippen LogP contribution in [0.3, 0.4) is 0 Å². The van der Waals surface area contributed by atoms with Crippen LogP contribution in [0.1, 0.15) is 16.1 Å². The Morgan fingerprint density at radius 2 is 1.34 bits per heavy atom. The molecule has 5 nitrogen and oxygen atoms in total. The molecule has 5 rings (SSSR count). The second-order valence-corrected chi connectivity index (χ2v) is 8.08. The van der Waals surface area contributed by atoms with Gasteiger partial charge >= 0.3 is 0 Å². The fraction of sp³-hybridized carbons (Fsp3) is 0.185. The fourth-order valence-corrected chi connectivity index (χ4v) is 4.17. The van der Waals surface area contributed by atoms with Gasteiger partial charge in [-0.15, -0.1) is 0 Å². The van der Waals surface area contributed by atoms with Crippen LogP contribution in [-0.2, 0) is 6.54 Å². The molecule has 0 aliphatic carbocycles. The zero-order valence-electron chi connectivity index (χ0n) is 18.0. The molecule has 0 bridgehead atoms. The van der Waals surface area contributed by atoms with Crippen LogP contribution in [0.4, 0.5) is 0 Å². The van der Waals surface area contributed by atoms with E-state index in [9.17, 15) is 4.79 Å². The molecule has 5 heteroatoms. The van der Waals surface area contributed by atoms with Crippen LogP contribution in [0.2, 0.25) is 0 Å². The largest absolute Gasteiger partial charge is 0.335 e. The number of nitrogens with zero attached hydrogens (tertiary/aromatic N) is 4. The number of hydrogen-bond donors (Lipinski definition) is 0. The van der Waals surface area contributed by atoms with Gasteiger partial charge in [0.2, 0.25) is 0 Å². The van der Waals surface area contributed by atoms with Crippen molar-refractivity contribution < 1.29 is 4.79 Å². The maximum atomic E-state index is 13.3. The van der Waals surface area contributed by atoms with Gasteiger partial charge in [0.1, 0.15) is 11.5 Å². The van der Waals surface area contributed by atoms with Gasteiger partial charge in [-0.05, 0) is 17.7 Å². The highest BCUT2D eigenvalue weighted by atomic mass is 16.2. The number of amides is 1. The number of hydrogen-bond acceptors (Lipinski definition) is 3. The molecule has 1 saturated heterocycles. The molecule has 4 aromatic rings. The van der Waals surface area contributed by atoms with E-state index in [1.807, 2.05) is 82.4 Å². The Morgan fingerprint density at radius 1 is 0.750 bits per heavy atom. The Morgan fingerprint density at radius 3 is 2.00 bits per heavy atom. The Bertz CT molecular complexity index is 1110. The van der Waals surface area contributed by atoms with Crippen molar-refractivity contribution in [2.24, 2.45) is 0 Å². The Hall–Kier alpha value is -3.70. The Balaban J connectivity index is 1.35. The third-order valence-electron chi connectivity index (χ3n) is 5.90. The van der Waals surface area contributed by atoms with Crippen molar-refractivity contribution in [3.63, 3.8) is 0 Å². The molecule has 0 saturated carbocycles. The number of aromatic nitrogens is 2. The minimum Gasteiger partial charge on any atom is -0.335 e. The topological polar surface area (TPSA) is 41.4 Å². The molecular weight excluding hydrogens is 396 g/mol. The van der Waals surface area contributed by atoms with Gasteiger partial charge in [-0.25, -0.2) is 4.98 Å². The lowest BCUT2D eigenvalue weighted by molar-refractivity contribution is 0.0623. The van der Waals surface area contributed by atoms with E-state index in [4.69, 9.17) is 4.98 Å². The van der Waals surface area contributed by atoms with E-state index in [0.29, 0.717) is 18.8 Å². The second kappa shape index (κ2) is 9.20. The van der Waals surface area contributed by atoms with Crippen molar-refractivity contribution in [2.45, 2.75) is 6.54 Å². The maximum Gasteiger partial charge on any atom is 0.274 e. The number of carbonyl (C=O) groups excluding carboxylic acids is 1. The summed E-state index contributed by atoms with van der Waals surface area (Å²) in [4.78, 5) is 22.4. The summed E-state index contributed by atoms with van der Waals surface area (Å²) in [5.74, 6) is 0.777. The van der Waals surface area contributed by atoms with Crippen LogP contribution in [0.25, 0.3) is 17.1 Å². The van der Waals surface area contributed by atoms with Gasteiger partial charge in [0.05, 0.1) is 0 Å². The van der Waals surface area contributed by atoms with Gasteiger partial charge in [0.25, 0.3) is 5.91 Å². The summed E-state index contributed by atoms with van der Waals surface area (Å²) >= 11 is 0. The van der Waals surface area contributed by atoms with Crippen LogP contribution in [0, 0.1) is 0 Å². The summed E-state index contributed by atoms with van der Waals surface area (Å²) in [5, 5.41) is 0. The fourth-order valence-electron chi connectivity index (χ4n) is 4.17. The Labute approximate surface area is 188 Å². The Kier molecular flexibility index (Phi) is 5.81. The van der Waals surface area contributed by atoms with Crippen LogP contribution in [0.15, 0.2) is 97.2 Å². The molecule has 2 heterocycles. The van der Waals surface area contributed by atoms with Gasteiger partial charge in [0, 0.05) is 50.2 Å². The van der Waals surface area contributed by atoms with Crippen molar-refractivity contribution in [3.8, 4) is 17.1 Å². The molecule has 160 valence electrons. The monoisotopic (exact) mass is 422 g/mol. The van der Waals surface area contributed by atoms with E-state index < -0.39 is 0 Å². The van der Waals surface area contributed by atoms with Crippen molar-refractivity contribution in [1.82, 2.24) is 19.4 Å². The predicted octanol–water partition coefficient (Wildman–Crippen LogP) is 4.50. The first-order valence-corrected chi connectivity index (χ1v) is 11.0.